The van der Waals surface area contributed by atoms with E-state index in [1.807, 2.05) is 0 Å². The van der Waals surface area contributed by atoms with Crippen molar-refractivity contribution in [3.8, 4) is 5.75 Å². The van der Waals surface area contributed by atoms with Gasteiger partial charge in [0.25, 0.3) is 0 Å². The van der Waals surface area contributed by atoms with Gasteiger partial charge in [0.05, 0.1) is 12.3 Å². The predicted molar refractivity (Wildman–Crippen MR) is 60.2 cm³/mol. The van der Waals surface area contributed by atoms with Crippen LogP contribution in [0.15, 0.2) is 18.2 Å². The lowest BCUT2D eigenvalue weighted by Gasteiger charge is -2.12. The van der Waals surface area contributed by atoms with Gasteiger partial charge in [0.15, 0.2) is 5.75 Å². The Kier molecular flexibility index (Phi) is 4.99. The van der Waals surface area contributed by atoms with Gasteiger partial charge in [-0.1, -0.05) is 6.07 Å². The quantitative estimate of drug-likeness (QED) is 0.614. The number of benzene rings is 1. The van der Waals surface area contributed by atoms with Crippen molar-refractivity contribution in [2.24, 2.45) is 0 Å². The number of nitrogens with two attached hydrogens (primary N) is 1. The smallest absolute Gasteiger partial charge is 0.411 e. The zero-order valence-electron chi connectivity index (χ0n) is 9.74. The van der Waals surface area contributed by atoms with E-state index < -0.39 is 18.8 Å². The average molecular weight is 279 g/mol. The van der Waals surface area contributed by atoms with Gasteiger partial charge in [-0.25, -0.2) is 4.79 Å². The average Bonchev–Trinajstić information content (AvgIpc) is 2.28. The molecule has 106 valence electrons. The summed E-state index contributed by atoms with van der Waals surface area (Å²) >= 11 is 0. The first kappa shape index (κ1) is 15.1. The third kappa shape index (κ3) is 5.04. The van der Waals surface area contributed by atoms with Crippen molar-refractivity contribution >= 4 is 11.7 Å². The fraction of sp³-hybridized carbons (Fsp3) is 0.364. The van der Waals surface area contributed by atoms with Crippen LogP contribution in [-0.4, -0.2) is 37.1 Å². The number of aromatic carboxylic acids is 1. The first-order valence-corrected chi connectivity index (χ1v) is 5.20. The second kappa shape index (κ2) is 6.28. The summed E-state index contributed by atoms with van der Waals surface area (Å²) in [5.41, 5.74) is 5.47. The van der Waals surface area contributed by atoms with Gasteiger partial charge in [-0.05, 0) is 12.1 Å². The van der Waals surface area contributed by atoms with E-state index >= 15 is 0 Å². The second-order valence-corrected chi connectivity index (χ2v) is 3.55. The molecular formula is C11H12F3NO4. The van der Waals surface area contributed by atoms with Crippen LogP contribution in [0.4, 0.5) is 18.9 Å². The molecule has 0 heterocycles. The van der Waals surface area contributed by atoms with Gasteiger partial charge < -0.3 is 20.3 Å². The molecule has 0 saturated carbocycles. The van der Waals surface area contributed by atoms with Crippen molar-refractivity contribution in [2.75, 3.05) is 25.6 Å². The number of alkyl halides is 3. The number of nitrogen functional groups attached to an aromatic ring is 1. The molecule has 0 atom stereocenters. The molecule has 0 aliphatic carbocycles. The van der Waals surface area contributed by atoms with Gasteiger partial charge in [0.1, 0.15) is 18.8 Å². The highest BCUT2D eigenvalue weighted by Gasteiger charge is 2.27. The molecule has 0 spiro atoms. The number of halogens is 3. The van der Waals surface area contributed by atoms with E-state index in [9.17, 15) is 18.0 Å². The molecule has 19 heavy (non-hydrogen) atoms. The standard InChI is InChI=1S/C11H12F3NO4/c12-11(13,14)6-18-4-5-19-9-7(10(16)17)2-1-3-8(9)15/h1-3H,4-6,15H2,(H,16,17). The van der Waals surface area contributed by atoms with Gasteiger partial charge in [-0.15, -0.1) is 0 Å². The van der Waals surface area contributed by atoms with Crippen LogP contribution in [0.1, 0.15) is 10.4 Å². The number of anilines is 1. The summed E-state index contributed by atoms with van der Waals surface area (Å²) in [6.45, 7) is -1.94. The number of carboxylic acids is 1. The maximum Gasteiger partial charge on any atom is 0.411 e. The third-order valence-electron chi connectivity index (χ3n) is 2.02. The number of para-hydroxylation sites is 1. The Labute approximate surface area is 106 Å². The number of hydrogen-bond donors (Lipinski definition) is 2. The largest absolute Gasteiger partial charge is 0.488 e. The number of ether oxygens (including phenoxy) is 2. The molecule has 0 fully saturated rings. The highest BCUT2D eigenvalue weighted by molar-refractivity contribution is 5.93. The lowest BCUT2D eigenvalue weighted by atomic mass is 10.2. The SMILES string of the molecule is Nc1cccc(C(=O)O)c1OCCOCC(F)(F)F. The molecule has 0 saturated heterocycles. The first-order chi connectivity index (χ1) is 8.81. The minimum absolute atomic E-state index is 0.0781. The van der Waals surface area contributed by atoms with Crippen molar-refractivity contribution in [3.63, 3.8) is 0 Å². The maximum absolute atomic E-state index is 11.8. The highest BCUT2D eigenvalue weighted by Crippen LogP contribution is 2.26. The van der Waals surface area contributed by atoms with Crippen LogP contribution in [0, 0.1) is 0 Å². The zero-order valence-corrected chi connectivity index (χ0v) is 9.74. The Balaban J connectivity index is 2.52. The molecule has 0 aromatic heterocycles. The highest BCUT2D eigenvalue weighted by atomic mass is 19.4. The van der Waals surface area contributed by atoms with Crippen molar-refractivity contribution in [2.45, 2.75) is 6.18 Å². The summed E-state index contributed by atoms with van der Waals surface area (Å²) < 4.78 is 44.7. The Morgan fingerprint density at radius 1 is 1.32 bits per heavy atom. The summed E-state index contributed by atoms with van der Waals surface area (Å²) in [7, 11) is 0. The van der Waals surface area contributed by atoms with Crippen molar-refractivity contribution < 1.29 is 32.5 Å². The van der Waals surface area contributed by atoms with E-state index in [4.69, 9.17) is 15.6 Å². The molecule has 0 bridgehead atoms. The molecule has 0 aliphatic heterocycles. The second-order valence-electron chi connectivity index (χ2n) is 3.55. The molecular weight excluding hydrogens is 267 g/mol. The predicted octanol–water partition coefficient (Wildman–Crippen LogP) is 1.92. The van der Waals surface area contributed by atoms with Crippen molar-refractivity contribution in [3.05, 3.63) is 23.8 Å². The molecule has 0 radical (unpaired) electrons. The Morgan fingerprint density at radius 3 is 2.58 bits per heavy atom. The van der Waals surface area contributed by atoms with E-state index in [-0.39, 0.29) is 30.2 Å². The number of carbonyl (C=O) groups is 1. The third-order valence-corrected chi connectivity index (χ3v) is 2.02. The maximum atomic E-state index is 11.8. The van der Waals surface area contributed by atoms with Gasteiger partial charge in [0, 0.05) is 0 Å². The van der Waals surface area contributed by atoms with E-state index in [1.54, 1.807) is 0 Å². The van der Waals surface area contributed by atoms with Crippen LogP contribution in [0.5, 0.6) is 5.75 Å². The number of rotatable bonds is 6. The first-order valence-electron chi connectivity index (χ1n) is 5.20. The van der Waals surface area contributed by atoms with Gasteiger partial charge in [-0.2, -0.15) is 13.2 Å². The Bertz CT molecular complexity index is 448. The van der Waals surface area contributed by atoms with Gasteiger partial charge >= 0.3 is 12.1 Å². The molecule has 0 amide bonds. The number of hydrogen-bond acceptors (Lipinski definition) is 4. The minimum atomic E-state index is -4.40. The van der Waals surface area contributed by atoms with Crippen LogP contribution in [-0.2, 0) is 4.74 Å². The Morgan fingerprint density at radius 2 is 2.00 bits per heavy atom. The summed E-state index contributed by atoms with van der Waals surface area (Å²) in [6.07, 6.45) is -4.40. The fourth-order valence-electron chi connectivity index (χ4n) is 1.27. The molecule has 0 unspecified atom stereocenters. The molecule has 8 heteroatoms. The van der Waals surface area contributed by atoms with E-state index in [2.05, 4.69) is 4.74 Å². The van der Waals surface area contributed by atoms with Crippen molar-refractivity contribution in [1.82, 2.24) is 0 Å². The normalized spacial score (nSPS) is 11.3. The summed E-state index contributed by atoms with van der Waals surface area (Å²) in [5.74, 6) is -1.32. The van der Waals surface area contributed by atoms with Crippen LogP contribution >= 0.6 is 0 Å². The summed E-state index contributed by atoms with van der Waals surface area (Å²) in [6, 6.07) is 4.15. The molecule has 0 aliphatic rings. The van der Waals surface area contributed by atoms with Crippen LogP contribution in [0.25, 0.3) is 0 Å². The fourth-order valence-corrected chi connectivity index (χ4v) is 1.27. The van der Waals surface area contributed by atoms with Crippen LogP contribution < -0.4 is 10.5 Å². The minimum Gasteiger partial charge on any atom is -0.488 e. The van der Waals surface area contributed by atoms with Crippen LogP contribution in [0.2, 0.25) is 0 Å². The topological polar surface area (TPSA) is 81.8 Å². The van der Waals surface area contributed by atoms with E-state index in [0.29, 0.717) is 0 Å². The van der Waals surface area contributed by atoms with E-state index in [0.717, 1.165) is 0 Å². The van der Waals surface area contributed by atoms with Crippen LogP contribution in [0.3, 0.4) is 0 Å². The van der Waals surface area contributed by atoms with Crippen molar-refractivity contribution in [1.29, 1.82) is 0 Å². The molecule has 1 aromatic carbocycles. The molecule has 5 nitrogen and oxygen atoms in total. The van der Waals surface area contributed by atoms with E-state index in [1.165, 1.54) is 18.2 Å². The lowest BCUT2D eigenvalue weighted by molar-refractivity contribution is -0.175. The monoisotopic (exact) mass is 279 g/mol. The molecule has 1 rings (SSSR count). The Hall–Kier alpha value is -1.96. The van der Waals surface area contributed by atoms with Gasteiger partial charge in [-0.3, -0.25) is 0 Å². The molecule has 1 aromatic rings. The molecule has 3 N–H and O–H groups in total. The van der Waals surface area contributed by atoms with Gasteiger partial charge in [0.2, 0.25) is 0 Å². The summed E-state index contributed by atoms with van der Waals surface area (Å²) in [4.78, 5) is 10.9. The zero-order chi connectivity index (χ0) is 14.5. The number of carboxylic acid groups (broad SMARTS) is 1. The summed E-state index contributed by atoms with van der Waals surface area (Å²) in [5, 5.41) is 8.88. The lowest BCUT2D eigenvalue weighted by Crippen LogP contribution is -2.20.